The maximum Gasteiger partial charge on any atom is 0.234 e. The van der Waals surface area contributed by atoms with Gasteiger partial charge in [0.15, 0.2) is 0 Å². The third-order valence-corrected chi connectivity index (χ3v) is 2.98. The molecular formula is C15H24N2O3. The molecule has 1 aromatic carbocycles. The quantitative estimate of drug-likeness (QED) is 0.658. The zero-order valence-corrected chi connectivity index (χ0v) is 12.3. The third kappa shape index (κ3) is 5.59. The van der Waals surface area contributed by atoms with Crippen molar-refractivity contribution in [2.45, 2.75) is 32.9 Å². The summed E-state index contributed by atoms with van der Waals surface area (Å²) in [5.74, 6) is 0.392. The number of primary amides is 1. The minimum Gasteiger partial charge on any atom is -0.491 e. The summed E-state index contributed by atoms with van der Waals surface area (Å²) < 4.78 is 5.50. The minimum absolute atomic E-state index is 0.0809. The number of aryl methyl sites for hydroxylation is 1. The van der Waals surface area contributed by atoms with Crippen LogP contribution in [0.5, 0.6) is 5.75 Å². The van der Waals surface area contributed by atoms with Gasteiger partial charge < -0.3 is 20.9 Å². The first kappa shape index (κ1) is 16.5. The minimum atomic E-state index is -0.698. The Balaban J connectivity index is 2.36. The van der Waals surface area contributed by atoms with Crippen LogP contribution in [0.3, 0.4) is 0 Å². The van der Waals surface area contributed by atoms with Gasteiger partial charge in [-0.15, -0.1) is 0 Å². The standard InChI is InChI=1S/C15H24N2O3/c1-10(2)14(15(16)19)17-8-12(18)9-20-13-6-4-5-11(3)7-13/h4-7,10,12,14,17-18H,8-9H2,1-3H3,(H2,16,19). The van der Waals surface area contributed by atoms with Gasteiger partial charge in [0.2, 0.25) is 5.91 Å². The molecule has 0 aromatic heterocycles. The number of aliphatic hydroxyl groups is 1. The van der Waals surface area contributed by atoms with E-state index in [4.69, 9.17) is 10.5 Å². The second kappa shape index (κ2) is 7.87. The normalized spacial score (nSPS) is 14.1. The van der Waals surface area contributed by atoms with Gasteiger partial charge in [0.25, 0.3) is 0 Å². The van der Waals surface area contributed by atoms with Gasteiger partial charge in [0.05, 0.1) is 6.04 Å². The molecule has 112 valence electrons. The van der Waals surface area contributed by atoms with Gasteiger partial charge in [-0.3, -0.25) is 4.79 Å². The maximum atomic E-state index is 11.2. The fourth-order valence-electron chi connectivity index (χ4n) is 1.88. The fourth-order valence-corrected chi connectivity index (χ4v) is 1.88. The molecule has 1 amide bonds. The van der Waals surface area contributed by atoms with Crippen LogP contribution in [-0.4, -0.2) is 36.3 Å². The van der Waals surface area contributed by atoms with E-state index in [9.17, 15) is 9.90 Å². The molecule has 0 heterocycles. The third-order valence-electron chi connectivity index (χ3n) is 2.98. The highest BCUT2D eigenvalue weighted by Crippen LogP contribution is 2.12. The van der Waals surface area contributed by atoms with Crippen molar-refractivity contribution in [3.63, 3.8) is 0 Å². The van der Waals surface area contributed by atoms with Crippen molar-refractivity contribution in [3.05, 3.63) is 29.8 Å². The lowest BCUT2D eigenvalue weighted by atomic mass is 10.0. The van der Waals surface area contributed by atoms with Gasteiger partial charge in [-0.25, -0.2) is 0 Å². The number of ether oxygens (including phenoxy) is 1. The zero-order chi connectivity index (χ0) is 15.1. The first-order valence-corrected chi connectivity index (χ1v) is 6.80. The summed E-state index contributed by atoms with van der Waals surface area (Å²) in [6.07, 6.45) is -0.698. The first-order chi connectivity index (χ1) is 9.40. The number of carbonyl (C=O) groups excluding carboxylic acids is 1. The summed E-state index contributed by atoms with van der Waals surface area (Å²) in [7, 11) is 0. The van der Waals surface area contributed by atoms with E-state index >= 15 is 0 Å². The molecule has 2 atom stereocenters. The van der Waals surface area contributed by atoms with Crippen molar-refractivity contribution >= 4 is 5.91 Å². The van der Waals surface area contributed by atoms with Crippen LogP contribution in [0, 0.1) is 12.8 Å². The fraction of sp³-hybridized carbons (Fsp3) is 0.533. The monoisotopic (exact) mass is 280 g/mol. The van der Waals surface area contributed by atoms with E-state index in [1.54, 1.807) is 0 Å². The van der Waals surface area contributed by atoms with E-state index < -0.39 is 18.1 Å². The maximum absolute atomic E-state index is 11.2. The number of aliphatic hydroxyl groups excluding tert-OH is 1. The zero-order valence-electron chi connectivity index (χ0n) is 12.3. The molecule has 0 aliphatic rings. The number of hydrogen-bond acceptors (Lipinski definition) is 4. The van der Waals surface area contributed by atoms with Crippen LogP contribution in [0.1, 0.15) is 19.4 Å². The molecule has 5 heteroatoms. The molecule has 4 N–H and O–H groups in total. The van der Waals surface area contributed by atoms with Crippen LogP contribution in [0.4, 0.5) is 0 Å². The summed E-state index contributed by atoms with van der Waals surface area (Å²) in [5, 5.41) is 12.8. The molecule has 5 nitrogen and oxygen atoms in total. The number of rotatable bonds is 8. The molecule has 0 aliphatic heterocycles. The Morgan fingerprint density at radius 1 is 1.45 bits per heavy atom. The Kier molecular flexibility index (Phi) is 6.48. The molecule has 0 saturated carbocycles. The topological polar surface area (TPSA) is 84.6 Å². The smallest absolute Gasteiger partial charge is 0.234 e. The Bertz CT molecular complexity index is 435. The van der Waals surface area contributed by atoms with Gasteiger partial charge in [-0.1, -0.05) is 26.0 Å². The Morgan fingerprint density at radius 3 is 2.70 bits per heavy atom. The molecule has 0 radical (unpaired) electrons. The summed E-state index contributed by atoms with van der Waals surface area (Å²) in [4.78, 5) is 11.2. The van der Waals surface area contributed by atoms with Gasteiger partial charge in [0, 0.05) is 6.54 Å². The average Bonchev–Trinajstić information content (AvgIpc) is 2.35. The molecule has 20 heavy (non-hydrogen) atoms. The number of hydrogen-bond donors (Lipinski definition) is 3. The van der Waals surface area contributed by atoms with E-state index in [1.807, 2.05) is 45.0 Å². The SMILES string of the molecule is Cc1cccc(OCC(O)CNC(C(N)=O)C(C)C)c1. The lowest BCUT2D eigenvalue weighted by Gasteiger charge is -2.21. The highest BCUT2D eigenvalue weighted by atomic mass is 16.5. The molecule has 0 saturated heterocycles. The van der Waals surface area contributed by atoms with Crippen molar-refractivity contribution in [1.29, 1.82) is 0 Å². The lowest BCUT2D eigenvalue weighted by molar-refractivity contribution is -0.121. The van der Waals surface area contributed by atoms with Crippen LogP contribution >= 0.6 is 0 Å². The van der Waals surface area contributed by atoms with Crippen LogP contribution < -0.4 is 15.8 Å². The van der Waals surface area contributed by atoms with Crippen molar-refractivity contribution in [2.24, 2.45) is 11.7 Å². The summed E-state index contributed by atoms with van der Waals surface area (Å²) in [5.41, 5.74) is 6.39. The number of benzene rings is 1. The van der Waals surface area contributed by atoms with Crippen LogP contribution in [-0.2, 0) is 4.79 Å². The summed E-state index contributed by atoms with van der Waals surface area (Å²) in [6, 6.07) is 7.18. The van der Waals surface area contributed by atoms with Crippen LogP contribution in [0.25, 0.3) is 0 Å². The molecule has 0 spiro atoms. The van der Waals surface area contributed by atoms with Gasteiger partial charge in [-0.2, -0.15) is 0 Å². The Morgan fingerprint density at radius 2 is 2.15 bits per heavy atom. The first-order valence-electron chi connectivity index (χ1n) is 6.80. The van der Waals surface area contributed by atoms with E-state index in [2.05, 4.69) is 5.32 Å². The molecule has 0 bridgehead atoms. The largest absolute Gasteiger partial charge is 0.491 e. The number of carbonyl (C=O) groups is 1. The molecule has 0 aliphatic carbocycles. The summed E-state index contributed by atoms with van der Waals surface area (Å²) in [6.45, 7) is 6.21. The number of amides is 1. The molecule has 0 fully saturated rings. The molecule has 1 rings (SSSR count). The lowest BCUT2D eigenvalue weighted by Crippen LogP contribution is -2.48. The van der Waals surface area contributed by atoms with Gasteiger partial charge >= 0.3 is 0 Å². The van der Waals surface area contributed by atoms with Gasteiger partial charge in [-0.05, 0) is 30.5 Å². The second-order valence-corrected chi connectivity index (χ2v) is 5.31. The van der Waals surface area contributed by atoms with Crippen molar-refractivity contribution in [2.75, 3.05) is 13.2 Å². The van der Waals surface area contributed by atoms with Crippen molar-refractivity contribution < 1.29 is 14.6 Å². The van der Waals surface area contributed by atoms with Crippen molar-refractivity contribution in [3.8, 4) is 5.75 Å². The summed E-state index contributed by atoms with van der Waals surface area (Å²) >= 11 is 0. The Labute approximate surface area is 120 Å². The van der Waals surface area contributed by atoms with E-state index in [-0.39, 0.29) is 19.1 Å². The van der Waals surface area contributed by atoms with E-state index in [1.165, 1.54) is 0 Å². The highest BCUT2D eigenvalue weighted by molar-refractivity contribution is 5.80. The predicted octanol–water partition coefficient (Wildman–Crippen LogP) is 0.834. The van der Waals surface area contributed by atoms with Crippen molar-refractivity contribution in [1.82, 2.24) is 5.32 Å². The molecule has 2 unspecified atom stereocenters. The second-order valence-electron chi connectivity index (χ2n) is 5.31. The Hall–Kier alpha value is -1.59. The van der Waals surface area contributed by atoms with E-state index in [0.29, 0.717) is 0 Å². The van der Waals surface area contributed by atoms with E-state index in [0.717, 1.165) is 11.3 Å². The van der Waals surface area contributed by atoms with Gasteiger partial charge in [0.1, 0.15) is 18.5 Å². The number of nitrogens with one attached hydrogen (secondary N) is 1. The van der Waals surface area contributed by atoms with Crippen LogP contribution in [0.2, 0.25) is 0 Å². The van der Waals surface area contributed by atoms with Crippen LogP contribution in [0.15, 0.2) is 24.3 Å². The predicted molar refractivity (Wildman–Crippen MR) is 78.5 cm³/mol. The highest BCUT2D eigenvalue weighted by Gasteiger charge is 2.19. The number of nitrogens with two attached hydrogens (primary N) is 1. The molecular weight excluding hydrogens is 256 g/mol. The molecule has 1 aromatic rings. The average molecular weight is 280 g/mol.